The highest BCUT2D eigenvalue weighted by Crippen LogP contribution is 2.17. The highest BCUT2D eigenvalue weighted by Gasteiger charge is 2.22. The van der Waals surface area contributed by atoms with Gasteiger partial charge in [-0.2, -0.15) is 0 Å². The van der Waals surface area contributed by atoms with Gasteiger partial charge >= 0.3 is 0 Å². The Labute approximate surface area is 98.4 Å². The molecule has 0 aliphatic carbocycles. The summed E-state index contributed by atoms with van der Waals surface area (Å²) in [6, 6.07) is 7.14. The number of anilines is 1. The molecule has 1 aromatic carbocycles. The number of aliphatic hydroxyl groups is 1. The molecule has 16 heavy (non-hydrogen) atoms. The maximum absolute atomic E-state index is 11.8. The van der Waals surface area contributed by atoms with Gasteiger partial charge in [-0.05, 0) is 6.07 Å². The first-order valence-corrected chi connectivity index (χ1v) is 6.27. The van der Waals surface area contributed by atoms with Gasteiger partial charge in [0.15, 0.2) is 0 Å². The van der Waals surface area contributed by atoms with E-state index in [9.17, 15) is 4.79 Å². The second-order valence-electron chi connectivity index (χ2n) is 3.58. The molecule has 86 valence electrons. The van der Waals surface area contributed by atoms with Crippen molar-refractivity contribution in [1.82, 2.24) is 5.32 Å². The smallest absolute Gasteiger partial charge is 0.242 e. The molecule has 0 spiro atoms. The van der Waals surface area contributed by atoms with Crippen molar-refractivity contribution >= 4 is 23.4 Å². The Kier molecular flexibility index (Phi) is 3.82. The second-order valence-corrected chi connectivity index (χ2v) is 4.61. The van der Waals surface area contributed by atoms with Crippen molar-refractivity contribution < 1.29 is 9.90 Å². The number of rotatable bonds is 3. The third-order valence-electron chi connectivity index (χ3n) is 2.48. The van der Waals surface area contributed by atoms with E-state index in [1.165, 1.54) is 0 Å². The predicted molar refractivity (Wildman–Crippen MR) is 65.2 cm³/mol. The van der Waals surface area contributed by atoms with E-state index < -0.39 is 0 Å². The van der Waals surface area contributed by atoms with E-state index in [1.807, 2.05) is 12.1 Å². The number of hydrogen-bond acceptors (Lipinski definition) is 4. The Morgan fingerprint density at radius 1 is 1.56 bits per heavy atom. The molecule has 4 nitrogen and oxygen atoms in total. The van der Waals surface area contributed by atoms with Gasteiger partial charge in [-0.3, -0.25) is 10.1 Å². The summed E-state index contributed by atoms with van der Waals surface area (Å²) in [5.41, 5.74) is 1.43. The number of benzene rings is 1. The van der Waals surface area contributed by atoms with Crippen molar-refractivity contribution in [2.24, 2.45) is 0 Å². The van der Waals surface area contributed by atoms with Gasteiger partial charge in [0.1, 0.15) is 0 Å². The molecule has 1 unspecified atom stereocenters. The Morgan fingerprint density at radius 3 is 3.06 bits per heavy atom. The van der Waals surface area contributed by atoms with E-state index in [1.54, 1.807) is 23.9 Å². The molecule has 0 bridgehead atoms. The van der Waals surface area contributed by atoms with Crippen LogP contribution < -0.4 is 10.6 Å². The van der Waals surface area contributed by atoms with Crippen LogP contribution in [-0.2, 0) is 11.4 Å². The monoisotopic (exact) mass is 238 g/mol. The number of amides is 1. The van der Waals surface area contributed by atoms with Crippen LogP contribution in [0.4, 0.5) is 5.69 Å². The molecule has 1 atom stereocenters. The Balaban J connectivity index is 2.05. The molecule has 1 heterocycles. The molecule has 0 saturated carbocycles. The molecule has 1 saturated heterocycles. The van der Waals surface area contributed by atoms with E-state index in [2.05, 4.69) is 10.6 Å². The SMILES string of the molecule is O=C(Nc1ccccc1CO)C1CSCN1. The van der Waals surface area contributed by atoms with Crippen molar-refractivity contribution in [3.05, 3.63) is 29.8 Å². The van der Waals surface area contributed by atoms with Gasteiger partial charge in [0.25, 0.3) is 0 Å². The molecule has 1 aliphatic rings. The van der Waals surface area contributed by atoms with E-state index in [-0.39, 0.29) is 18.6 Å². The van der Waals surface area contributed by atoms with Crippen molar-refractivity contribution in [2.75, 3.05) is 16.9 Å². The Hall–Kier alpha value is -1.04. The van der Waals surface area contributed by atoms with E-state index >= 15 is 0 Å². The predicted octanol–water partition coefficient (Wildman–Crippen LogP) is 0.780. The molecule has 1 amide bonds. The van der Waals surface area contributed by atoms with Gasteiger partial charge in [-0.25, -0.2) is 0 Å². The minimum atomic E-state index is -0.128. The van der Waals surface area contributed by atoms with Crippen LogP contribution in [0.15, 0.2) is 24.3 Å². The molecule has 0 aromatic heterocycles. The maximum atomic E-state index is 11.8. The summed E-state index contributed by atoms with van der Waals surface area (Å²) in [4.78, 5) is 11.8. The third kappa shape index (κ3) is 2.55. The van der Waals surface area contributed by atoms with Gasteiger partial charge in [0.2, 0.25) is 5.91 Å². The van der Waals surface area contributed by atoms with Crippen LogP contribution in [0.25, 0.3) is 0 Å². The van der Waals surface area contributed by atoms with E-state index in [4.69, 9.17) is 5.11 Å². The quantitative estimate of drug-likeness (QED) is 0.728. The zero-order valence-corrected chi connectivity index (χ0v) is 9.59. The third-order valence-corrected chi connectivity index (χ3v) is 3.42. The lowest BCUT2D eigenvalue weighted by molar-refractivity contribution is -0.117. The van der Waals surface area contributed by atoms with Crippen LogP contribution in [0.5, 0.6) is 0 Å². The average Bonchev–Trinajstić information content (AvgIpc) is 2.83. The summed E-state index contributed by atoms with van der Waals surface area (Å²) in [6.07, 6.45) is 0. The molecular formula is C11H14N2O2S. The first kappa shape index (κ1) is 11.4. The van der Waals surface area contributed by atoms with Gasteiger partial charge < -0.3 is 10.4 Å². The Morgan fingerprint density at radius 2 is 2.38 bits per heavy atom. The summed E-state index contributed by atoms with van der Waals surface area (Å²) < 4.78 is 0. The van der Waals surface area contributed by atoms with Crippen LogP contribution in [0.2, 0.25) is 0 Å². The van der Waals surface area contributed by atoms with Crippen LogP contribution in [0.3, 0.4) is 0 Å². The standard InChI is InChI=1S/C11H14N2O2S/c14-5-8-3-1-2-4-9(8)13-11(15)10-6-16-7-12-10/h1-4,10,12,14H,5-7H2,(H,13,15). The lowest BCUT2D eigenvalue weighted by Crippen LogP contribution is -2.37. The fourth-order valence-electron chi connectivity index (χ4n) is 1.56. The summed E-state index contributed by atoms with van der Waals surface area (Å²) in [7, 11) is 0. The maximum Gasteiger partial charge on any atom is 0.242 e. The number of para-hydroxylation sites is 1. The zero-order valence-electron chi connectivity index (χ0n) is 8.77. The zero-order chi connectivity index (χ0) is 11.4. The number of nitrogens with one attached hydrogen (secondary N) is 2. The van der Waals surface area contributed by atoms with Crippen molar-refractivity contribution in [3.63, 3.8) is 0 Å². The van der Waals surface area contributed by atoms with Gasteiger partial charge in [-0.1, -0.05) is 18.2 Å². The second kappa shape index (κ2) is 5.34. The molecule has 1 aromatic rings. The number of hydrogen-bond donors (Lipinski definition) is 3. The van der Waals surface area contributed by atoms with Crippen LogP contribution >= 0.6 is 11.8 Å². The fourth-order valence-corrected chi connectivity index (χ4v) is 2.51. The number of carbonyl (C=O) groups excluding carboxylic acids is 1. The molecule has 5 heteroatoms. The van der Waals surface area contributed by atoms with E-state index in [0.29, 0.717) is 5.69 Å². The first-order chi connectivity index (χ1) is 7.81. The number of carbonyl (C=O) groups is 1. The lowest BCUT2D eigenvalue weighted by atomic mass is 10.2. The Bertz CT molecular complexity index is 378. The summed E-state index contributed by atoms with van der Waals surface area (Å²) in [5, 5.41) is 15.1. The highest BCUT2D eigenvalue weighted by atomic mass is 32.2. The van der Waals surface area contributed by atoms with Gasteiger partial charge in [0, 0.05) is 22.9 Å². The summed E-state index contributed by atoms with van der Waals surface area (Å²) in [6.45, 7) is -0.0662. The lowest BCUT2D eigenvalue weighted by Gasteiger charge is -2.12. The minimum absolute atomic E-state index is 0.0362. The van der Waals surface area contributed by atoms with Gasteiger partial charge in [0.05, 0.1) is 12.6 Å². The normalized spacial score (nSPS) is 19.7. The van der Waals surface area contributed by atoms with Crippen molar-refractivity contribution in [1.29, 1.82) is 0 Å². The molecular weight excluding hydrogens is 224 g/mol. The van der Waals surface area contributed by atoms with Crippen molar-refractivity contribution in [3.8, 4) is 0 Å². The summed E-state index contributed by atoms with van der Waals surface area (Å²) >= 11 is 1.71. The molecule has 1 aliphatic heterocycles. The number of thioether (sulfide) groups is 1. The molecule has 3 N–H and O–H groups in total. The number of aliphatic hydroxyl groups excluding tert-OH is 1. The van der Waals surface area contributed by atoms with Crippen LogP contribution in [-0.4, -0.2) is 28.7 Å². The summed E-state index contributed by atoms with van der Waals surface area (Å²) in [5.74, 6) is 1.58. The topological polar surface area (TPSA) is 61.4 Å². The molecule has 0 radical (unpaired) electrons. The molecule has 2 rings (SSSR count). The largest absolute Gasteiger partial charge is 0.392 e. The first-order valence-electron chi connectivity index (χ1n) is 5.12. The van der Waals surface area contributed by atoms with Crippen LogP contribution in [0.1, 0.15) is 5.56 Å². The fraction of sp³-hybridized carbons (Fsp3) is 0.364. The molecule has 1 fully saturated rings. The van der Waals surface area contributed by atoms with E-state index in [0.717, 1.165) is 17.2 Å². The van der Waals surface area contributed by atoms with Crippen LogP contribution in [0, 0.1) is 0 Å². The average molecular weight is 238 g/mol. The van der Waals surface area contributed by atoms with Crippen molar-refractivity contribution in [2.45, 2.75) is 12.6 Å². The minimum Gasteiger partial charge on any atom is -0.392 e. The highest BCUT2D eigenvalue weighted by molar-refractivity contribution is 7.99. The van der Waals surface area contributed by atoms with Gasteiger partial charge in [-0.15, -0.1) is 11.8 Å².